The summed E-state index contributed by atoms with van der Waals surface area (Å²) in [5, 5.41) is 7.12. The molecule has 3 rings (SSSR count). The van der Waals surface area contributed by atoms with Crippen LogP contribution in [0.15, 0.2) is 18.3 Å². The van der Waals surface area contributed by atoms with Gasteiger partial charge in [-0.2, -0.15) is 13.2 Å². The zero-order valence-corrected chi connectivity index (χ0v) is 15.9. The van der Waals surface area contributed by atoms with Gasteiger partial charge < -0.3 is 14.7 Å². The summed E-state index contributed by atoms with van der Waals surface area (Å²) < 4.78 is 51.1. The average molecular weight is 424 g/mol. The van der Waals surface area contributed by atoms with Crippen molar-refractivity contribution in [2.24, 2.45) is 0 Å². The third-order valence-corrected chi connectivity index (χ3v) is 5.77. The first-order valence-electron chi connectivity index (χ1n) is 8.55. The number of aliphatic carboxylic acids is 1. The number of ether oxygens (including phenoxy) is 1. The minimum Gasteiger partial charge on any atom is -0.475 e. The van der Waals surface area contributed by atoms with E-state index in [0.717, 1.165) is 31.7 Å². The van der Waals surface area contributed by atoms with Crippen molar-refractivity contribution in [3.63, 3.8) is 0 Å². The molecule has 1 N–H and O–H groups in total. The lowest BCUT2D eigenvalue weighted by Crippen LogP contribution is -2.60. The summed E-state index contributed by atoms with van der Waals surface area (Å²) in [5.41, 5.74) is 0. The highest BCUT2D eigenvalue weighted by Gasteiger charge is 2.51. The molecule has 0 bridgehead atoms. The number of thioether (sulfide) groups is 1. The van der Waals surface area contributed by atoms with E-state index in [-0.39, 0.29) is 22.6 Å². The summed E-state index contributed by atoms with van der Waals surface area (Å²) in [5.74, 6) is -2.03. The number of pyridine rings is 1. The molecule has 156 valence electrons. The fraction of sp³-hybridized carbons (Fsp3) is 0.588. The number of alkyl halides is 3. The molecular formula is C17H20F4N2O4S. The smallest absolute Gasteiger partial charge is 0.475 e. The molecule has 2 saturated heterocycles. The number of nitrogens with zero attached hydrogens (tertiary/aromatic N) is 2. The van der Waals surface area contributed by atoms with Crippen LogP contribution in [0.25, 0.3) is 0 Å². The third kappa shape index (κ3) is 5.73. The highest BCUT2D eigenvalue weighted by atomic mass is 32.2. The van der Waals surface area contributed by atoms with Gasteiger partial charge in [-0.05, 0) is 18.6 Å². The first kappa shape index (κ1) is 22.3. The van der Waals surface area contributed by atoms with Crippen LogP contribution in [0.4, 0.5) is 17.6 Å². The van der Waals surface area contributed by atoms with Gasteiger partial charge in [-0.1, -0.05) is 6.92 Å². The van der Waals surface area contributed by atoms with Gasteiger partial charge in [0.25, 0.3) is 5.88 Å². The standard InChI is InChI=1S/C15H19FN2O2S.C2HF3O2/c1-2-4-13(19)18-9-15(10-18)7-11(8-21-15)20-14-12(16)5-3-6-17-14;3-2(4,5)1(6)7/h3,5-6,11H,2,4,7-10H2,1H3;(H,6,7). The first-order valence-corrected chi connectivity index (χ1v) is 9.54. The van der Waals surface area contributed by atoms with Crippen molar-refractivity contribution in [1.29, 1.82) is 0 Å². The second-order valence-corrected chi connectivity index (χ2v) is 8.02. The van der Waals surface area contributed by atoms with Crippen LogP contribution in [0.2, 0.25) is 0 Å². The topological polar surface area (TPSA) is 79.7 Å². The van der Waals surface area contributed by atoms with Gasteiger partial charge in [-0.15, -0.1) is 11.8 Å². The number of carboxylic acid groups (broad SMARTS) is 1. The number of likely N-dealkylation sites (tertiary alicyclic amines) is 1. The normalized spacial score (nSPS) is 20.2. The predicted octanol–water partition coefficient (Wildman–Crippen LogP) is 3.12. The van der Waals surface area contributed by atoms with E-state index in [4.69, 9.17) is 14.6 Å². The summed E-state index contributed by atoms with van der Waals surface area (Å²) in [6.07, 6.45) is -1.21. The van der Waals surface area contributed by atoms with Crippen molar-refractivity contribution in [3.8, 4) is 5.88 Å². The van der Waals surface area contributed by atoms with Gasteiger partial charge in [0.1, 0.15) is 6.10 Å². The zero-order chi connectivity index (χ0) is 20.9. The Bertz CT molecular complexity index is 711. The van der Waals surface area contributed by atoms with E-state index in [9.17, 15) is 22.4 Å². The molecule has 1 atom stereocenters. The molecule has 0 saturated carbocycles. The van der Waals surface area contributed by atoms with Crippen molar-refractivity contribution in [3.05, 3.63) is 24.1 Å². The van der Waals surface area contributed by atoms with Gasteiger partial charge in [-0.25, -0.2) is 14.2 Å². The highest BCUT2D eigenvalue weighted by Crippen LogP contribution is 2.46. The number of carboxylic acids is 1. The van der Waals surface area contributed by atoms with Crippen molar-refractivity contribution in [1.82, 2.24) is 9.88 Å². The number of rotatable bonds is 4. The molecule has 0 radical (unpaired) electrons. The molecule has 0 aromatic carbocycles. The lowest BCUT2D eigenvalue weighted by molar-refractivity contribution is -0.192. The molecular weight excluding hydrogens is 404 g/mol. The quantitative estimate of drug-likeness (QED) is 0.749. The Balaban J connectivity index is 0.000000345. The van der Waals surface area contributed by atoms with Crippen LogP contribution < -0.4 is 4.74 Å². The van der Waals surface area contributed by atoms with E-state index in [0.29, 0.717) is 6.42 Å². The summed E-state index contributed by atoms with van der Waals surface area (Å²) >= 11 is 1.83. The number of carbonyl (C=O) groups excluding carboxylic acids is 1. The van der Waals surface area contributed by atoms with Gasteiger partial charge in [0.2, 0.25) is 5.91 Å². The number of hydrogen-bond donors (Lipinski definition) is 1. The van der Waals surface area contributed by atoms with Crippen LogP contribution in [-0.4, -0.2) is 62.7 Å². The summed E-state index contributed by atoms with van der Waals surface area (Å²) in [6, 6.07) is 2.91. The lowest BCUT2D eigenvalue weighted by atomic mass is 9.92. The number of halogens is 4. The maximum absolute atomic E-state index is 13.5. The minimum atomic E-state index is -5.08. The Morgan fingerprint density at radius 3 is 2.61 bits per heavy atom. The Morgan fingerprint density at radius 1 is 1.43 bits per heavy atom. The fourth-order valence-electron chi connectivity index (χ4n) is 2.91. The van der Waals surface area contributed by atoms with E-state index in [2.05, 4.69) is 4.98 Å². The molecule has 2 fully saturated rings. The lowest BCUT2D eigenvalue weighted by Gasteiger charge is -2.47. The molecule has 2 aliphatic rings. The molecule has 1 aromatic rings. The monoisotopic (exact) mass is 424 g/mol. The molecule has 11 heteroatoms. The van der Waals surface area contributed by atoms with Gasteiger partial charge in [0, 0.05) is 37.9 Å². The van der Waals surface area contributed by atoms with Crippen molar-refractivity contribution < 1.29 is 37.0 Å². The SMILES string of the molecule is CCCC(=O)N1CC2(CC(Oc3ncccc3F)CS2)C1.O=C(O)C(F)(F)F. The summed E-state index contributed by atoms with van der Waals surface area (Å²) in [4.78, 5) is 26.6. The number of amides is 1. The molecule has 28 heavy (non-hydrogen) atoms. The van der Waals surface area contributed by atoms with Gasteiger partial charge >= 0.3 is 12.1 Å². The molecule has 1 spiro atoms. The van der Waals surface area contributed by atoms with Crippen molar-refractivity contribution in [2.45, 2.75) is 43.2 Å². The van der Waals surface area contributed by atoms with Crippen molar-refractivity contribution >= 4 is 23.6 Å². The molecule has 0 aliphatic carbocycles. The third-order valence-electron chi connectivity index (χ3n) is 4.20. The van der Waals surface area contributed by atoms with E-state index >= 15 is 0 Å². The van der Waals surface area contributed by atoms with Crippen LogP contribution >= 0.6 is 11.8 Å². The van der Waals surface area contributed by atoms with Crippen LogP contribution in [0.1, 0.15) is 26.2 Å². The Labute approximate surface area is 163 Å². The van der Waals surface area contributed by atoms with E-state index in [1.54, 1.807) is 6.07 Å². The number of carbonyl (C=O) groups is 2. The van der Waals surface area contributed by atoms with Gasteiger partial charge in [0.05, 0.1) is 4.75 Å². The number of hydrogen-bond acceptors (Lipinski definition) is 5. The molecule has 3 heterocycles. The van der Waals surface area contributed by atoms with Crippen LogP contribution in [0.5, 0.6) is 5.88 Å². The summed E-state index contributed by atoms with van der Waals surface area (Å²) in [6.45, 7) is 3.60. The van der Waals surface area contributed by atoms with E-state index in [1.807, 2.05) is 23.6 Å². The Kier molecular flexibility index (Phi) is 7.13. The number of aromatic nitrogens is 1. The second kappa shape index (κ2) is 8.97. The molecule has 1 unspecified atom stereocenters. The Hall–Kier alpha value is -2.04. The van der Waals surface area contributed by atoms with E-state index < -0.39 is 18.0 Å². The predicted molar refractivity (Wildman–Crippen MR) is 93.6 cm³/mol. The molecule has 6 nitrogen and oxygen atoms in total. The van der Waals surface area contributed by atoms with Crippen LogP contribution in [0.3, 0.4) is 0 Å². The van der Waals surface area contributed by atoms with Crippen LogP contribution in [0, 0.1) is 5.82 Å². The largest absolute Gasteiger partial charge is 0.490 e. The van der Waals surface area contributed by atoms with Gasteiger partial charge in [0.15, 0.2) is 5.82 Å². The Morgan fingerprint density at radius 2 is 2.07 bits per heavy atom. The van der Waals surface area contributed by atoms with Crippen molar-refractivity contribution in [2.75, 3.05) is 18.8 Å². The summed E-state index contributed by atoms with van der Waals surface area (Å²) in [7, 11) is 0. The van der Waals surface area contributed by atoms with Gasteiger partial charge in [-0.3, -0.25) is 4.79 Å². The zero-order valence-electron chi connectivity index (χ0n) is 15.0. The highest BCUT2D eigenvalue weighted by molar-refractivity contribution is 8.01. The molecule has 1 aromatic heterocycles. The maximum atomic E-state index is 13.5. The molecule has 2 aliphatic heterocycles. The molecule has 1 amide bonds. The van der Waals surface area contributed by atoms with E-state index in [1.165, 1.54) is 12.3 Å². The van der Waals surface area contributed by atoms with Crippen LogP contribution in [-0.2, 0) is 9.59 Å². The second-order valence-electron chi connectivity index (χ2n) is 6.53. The average Bonchev–Trinajstić information content (AvgIpc) is 3.00. The first-order chi connectivity index (χ1) is 13.1. The minimum absolute atomic E-state index is 0.0252. The maximum Gasteiger partial charge on any atom is 0.490 e. The fourth-order valence-corrected chi connectivity index (χ4v) is 4.44.